The van der Waals surface area contributed by atoms with E-state index in [4.69, 9.17) is 0 Å². The predicted octanol–water partition coefficient (Wildman–Crippen LogP) is 4.71. The molecule has 0 unspecified atom stereocenters. The second kappa shape index (κ2) is 9.04. The lowest BCUT2D eigenvalue weighted by Crippen LogP contribution is -2.24. The molecule has 1 amide bonds. The van der Waals surface area contributed by atoms with Crippen LogP contribution in [-0.2, 0) is 17.5 Å². The molecule has 0 saturated carbocycles. The topological polar surface area (TPSA) is 54.9 Å². The molecule has 1 heterocycles. The summed E-state index contributed by atoms with van der Waals surface area (Å²) in [7, 11) is 0. The highest BCUT2D eigenvalue weighted by Crippen LogP contribution is 2.31. The molecule has 29 heavy (non-hydrogen) atoms. The first-order valence-corrected chi connectivity index (χ1v) is 9.45. The minimum absolute atomic E-state index is 0.127. The number of amides is 1. The number of hydrogen-bond acceptors (Lipinski definition) is 4. The number of alkyl halides is 3. The average molecular weight is 421 g/mol. The molecule has 0 fully saturated rings. The van der Waals surface area contributed by atoms with Gasteiger partial charge in [-0.05, 0) is 23.8 Å². The van der Waals surface area contributed by atoms with Crippen molar-refractivity contribution in [2.24, 2.45) is 0 Å². The quantitative estimate of drug-likeness (QED) is 0.356. The molecule has 0 aliphatic carbocycles. The van der Waals surface area contributed by atoms with Crippen molar-refractivity contribution in [2.75, 3.05) is 5.75 Å². The molecule has 0 spiro atoms. The van der Waals surface area contributed by atoms with Crippen molar-refractivity contribution in [3.8, 4) is 11.3 Å². The molecule has 4 nitrogen and oxygen atoms in total. The third-order valence-electron chi connectivity index (χ3n) is 3.80. The lowest BCUT2D eigenvalue weighted by molar-refractivity contribution is -0.141. The van der Waals surface area contributed by atoms with Gasteiger partial charge in [0.15, 0.2) is 5.16 Å². The Kier molecular flexibility index (Phi) is 6.48. The Labute approximate surface area is 168 Å². The highest BCUT2D eigenvalue weighted by Gasteiger charge is 2.33. The maximum atomic E-state index is 13.2. The SMILES string of the molecule is O=C(CSc1nc(-c2ccccc2)cc(C(F)(F)F)n1)NCc1ccc(F)cc1. The van der Waals surface area contributed by atoms with Crippen LogP contribution in [0.2, 0.25) is 0 Å². The van der Waals surface area contributed by atoms with Crippen LogP contribution < -0.4 is 5.32 Å². The monoisotopic (exact) mass is 421 g/mol. The Morgan fingerprint density at radius 3 is 2.34 bits per heavy atom. The summed E-state index contributed by atoms with van der Waals surface area (Å²) >= 11 is 0.811. The largest absolute Gasteiger partial charge is 0.433 e. The first kappa shape index (κ1) is 20.8. The lowest BCUT2D eigenvalue weighted by Gasteiger charge is -2.10. The van der Waals surface area contributed by atoms with Gasteiger partial charge in [0.05, 0.1) is 11.4 Å². The summed E-state index contributed by atoms with van der Waals surface area (Å²) in [5.74, 6) is -0.940. The van der Waals surface area contributed by atoms with Gasteiger partial charge in [-0.2, -0.15) is 13.2 Å². The molecule has 3 rings (SSSR count). The molecule has 0 aliphatic rings. The van der Waals surface area contributed by atoms with Gasteiger partial charge in [-0.1, -0.05) is 54.2 Å². The van der Waals surface area contributed by atoms with Crippen molar-refractivity contribution >= 4 is 17.7 Å². The number of benzene rings is 2. The van der Waals surface area contributed by atoms with Gasteiger partial charge in [0.25, 0.3) is 0 Å². The number of thioether (sulfide) groups is 1. The van der Waals surface area contributed by atoms with E-state index in [2.05, 4.69) is 15.3 Å². The van der Waals surface area contributed by atoms with Crippen molar-refractivity contribution in [3.63, 3.8) is 0 Å². The Morgan fingerprint density at radius 1 is 1.00 bits per heavy atom. The Bertz CT molecular complexity index is 979. The van der Waals surface area contributed by atoms with Crippen molar-refractivity contribution in [1.82, 2.24) is 15.3 Å². The Balaban J connectivity index is 1.69. The van der Waals surface area contributed by atoms with Crippen molar-refractivity contribution in [3.05, 3.63) is 77.7 Å². The van der Waals surface area contributed by atoms with E-state index in [1.54, 1.807) is 30.3 Å². The molecule has 0 bridgehead atoms. The minimum atomic E-state index is -4.63. The van der Waals surface area contributed by atoms with E-state index in [0.29, 0.717) is 11.1 Å². The van der Waals surface area contributed by atoms with Crippen LogP contribution in [0.4, 0.5) is 17.6 Å². The maximum Gasteiger partial charge on any atom is 0.433 e. The van der Waals surface area contributed by atoms with E-state index in [1.165, 1.54) is 24.3 Å². The van der Waals surface area contributed by atoms with E-state index in [9.17, 15) is 22.4 Å². The molecule has 3 aromatic rings. The molecule has 0 aliphatic heterocycles. The third-order valence-corrected chi connectivity index (χ3v) is 4.65. The molecule has 0 saturated heterocycles. The van der Waals surface area contributed by atoms with Crippen LogP contribution in [0.1, 0.15) is 11.3 Å². The molecule has 0 radical (unpaired) electrons. The van der Waals surface area contributed by atoms with Crippen LogP contribution in [0.3, 0.4) is 0 Å². The maximum absolute atomic E-state index is 13.2. The summed E-state index contributed by atoms with van der Waals surface area (Å²) < 4.78 is 52.5. The highest BCUT2D eigenvalue weighted by atomic mass is 32.2. The van der Waals surface area contributed by atoms with E-state index < -0.39 is 17.8 Å². The fourth-order valence-corrected chi connectivity index (χ4v) is 3.06. The normalized spacial score (nSPS) is 11.3. The van der Waals surface area contributed by atoms with E-state index in [-0.39, 0.29) is 29.0 Å². The van der Waals surface area contributed by atoms with Gasteiger partial charge < -0.3 is 5.32 Å². The zero-order chi connectivity index (χ0) is 20.9. The third kappa shape index (κ3) is 6.02. The Morgan fingerprint density at radius 2 is 1.69 bits per heavy atom. The van der Waals surface area contributed by atoms with Crippen molar-refractivity contribution in [2.45, 2.75) is 17.9 Å². The number of nitrogens with zero attached hydrogens (tertiary/aromatic N) is 2. The van der Waals surface area contributed by atoms with Crippen LogP contribution in [0.25, 0.3) is 11.3 Å². The number of aromatic nitrogens is 2. The number of carbonyl (C=O) groups is 1. The number of halogens is 4. The fraction of sp³-hybridized carbons (Fsp3) is 0.150. The smallest absolute Gasteiger partial charge is 0.351 e. The molecule has 1 N–H and O–H groups in total. The molecular weight excluding hydrogens is 406 g/mol. The van der Waals surface area contributed by atoms with E-state index >= 15 is 0 Å². The van der Waals surface area contributed by atoms with Crippen LogP contribution in [0.15, 0.2) is 65.8 Å². The Hall–Kier alpha value is -2.94. The van der Waals surface area contributed by atoms with Gasteiger partial charge in [0, 0.05) is 12.1 Å². The summed E-state index contributed by atoms with van der Waals surface area (Å²) in [6, 6.07) is 14.9. The van der Waals surface area contributed by atoms with Gasteiger partial charge in [0.2, 0.25) is 5.91 Å². The lowest BCUT2D eigenvalue weighted by atomic mass is 10.1. The summed E-state index contributed by atoms with van der Waals surface area (Å²) in [6.45, 7) is 0.179. The summed E-state index contributed by atoms with van der Waals surface area (Å²) in [5, 5.41) is 2.48. The van der Waals surface area contributed by atoms with E-state index in [1.807, 2.05) is 0 Å². The molecule has 1 aromatic heterocycles. The van der Waals surface area contributed by atoms with Crippen molar-refractivity contribution < 1.29 is 22.4 Å². The first-order chi connectivity index (χ1) is 13.8. The second-order valence-corrected chi connectivity index (χ2v) is 6.92. The first-order valence-electron chi connectivity index (χ1n) is 8.47. The standard InChI is InChI=1S/C20H15F4N3OS/c21-15-8-6-13(7-9-15)11-25-18(28)12-29-19-26-16(14-4-2-1-3-5-14)10-17(27-19)20(22,23)24/h1-10H,11-12H2,(H,25,28). The van der Waals surface area contributed by atoms with Crippen LogP contribution in [0, 0.1) is 5.82 Å². The zero-order valence-corrected chi connectivity index (χ0v) is 15.7. The number of nitrogens with one attached hydrogen (secondary N) is 1. The summed E-state index contributed by atoms with van der Waals surface area (Å²) in [4.78, 5) is 19.7. The zero-order valence-electron chi connectivity index (χ0n) is 14.9. The van der Waals surface area contributed by atoms with Gasteiger partial charge in [-0.25, -0.2) is 14.4 Å². The number of rotatable bonds is 6. The molecule has 150 valence electrons. The minimum Gasteiger partial charge on any atom is -0.351 e. The number of hydrogen-bond donors (Lipinski definition) is 1. The van der Waals surface area contributed by atoms with Crippen LogP contribution >= 0.6 is 11.8 Å². The molecule has 0 atom stereocenters. The average Bonchev–Trinajstić information content (AvgIpc) is 2.71. The van der Waals surface area contributed by atoms with Crippen LogP contribution in [0.5, 0.6) is 0 Å². The number of carbonyl (C=O) groups excluding carboxylic acids is 1. The van der Waals surface area contributed by atoms with Crippen LogP contribution in [-0.4, -0.2) is 21.6 Å². The fourth-order valence-electron chi connectivity index (χ4n) is 2.38. The highest BCUT2D eigenvalue weighted by molar-refractivity contribution is 7.99. The summed E-state index contributed by atoms with van der Waals surface area (Å²) in [5.41, 5.74) is 0.275. The van der Waals surface area contributed by atoms with Gasteiger partial charge in [0.1, 0.15) is 11.5 Å². The second-order valence-electron chi connectivity index (χ2n) is 5.98. The molecule has 9 heteroatoms. The van der Waals surface area contributed by atoms with Gasteiger partial charge in [-0.3, -0.25) is 4.79 Å². The van der Waals surface area contributed by atoms with Crippen molar-refractivity contribution in [1.29, 1.82) is 0 Å². The molecular formula is C20H15F4N3OS. The van der Waals surface area contributed by atoms with Gasteiger partial charge >= 0.3 is 6.18 Å². The van der Waals surface area contributed by atoms with Gasteiger partial charge in [-0.15, -0.1) is 0 Å². The molecule has 2 aromatic carbocycles. The predicted molar refractivity (Wildman–Crippen MR) is 101 cm³/mol. The summed E-state index contributed by atoms with van der Waals surface area (Å²) in [6.07, 6.45) is -4.63. The van der Waals surface area contributed by atoms with E-state index in [0.717, 1.165) is 17.8 Å².